The minimum absolute atomic E-state index is 0.00993. The molecule has 0 bridgehead atoms. The summed E-state index contributed by atoms with van der Waals surface area (Å²) in [4.78, 5) is 12.7. The number of nitrogens with zero attached hydrogens (tertiary/aromatic N) is 3. The van der Waals surface area contributed by atoms with Gasteiger partial charge in [-0.2, -0.15) is 4.98 Å². The summed E-state index contributed by atoms with van der Waals surface area (Å²) in [6.07, 6.45) is 3.17. The molecular formula is C16H17N5O. The van der Waals surface area contributed by atoms with Crippen LogP contribution in [0.5, 0.6) is 5.88 Å². The van der Waals surface area contributed by atoms with Gasteiger partial charge in [0.2, 0.25) is 5.88 Å². The first kappa shape index (κ1) is 14.1. The summed E-state index contributed by atoms with van der Waals surface area (Å²) in [7, 11) is 0. The van der Waals surface area contributed by atoms with Gasteiger partial charge in [-0.15, -0.1) is 0 Å². The number of aromatic nitrogens is 3. The number of ether oxygens (including phenoxy) is 1. The van der Waals surface area contributed by atoms with Crippen molar-refractivity contribution in [3.05, 3.63) is 42.9 Å². The van der Waals surface area contributed by atoms with E-state index in [2.05, 4.69) is 20.3 Å². The molecule has 0 saturated carbocycles. The van der Waals surface area contributed by atoms with Gasteiger partial charge in [-0.3, -0.25) is 4.98 Å². The van der Waals surface area contributed by atoms with E-state index < -0.39 is 0 Å². The largest absolute Gasteiger partial charge is 0.473 e. The highest BCUT2D eigenvalue weighted by Gasteiger charge is 2.12. The number of para-hydroxylation sites is 1. The smallest absolute Gasteiger partial charge is 0.242 e. The molecule has 1 aromatic carbocycles. The summed E-state index contributed by atoms with van der Waals surface area (Å²) >= 11 is 0. The van der Waals surface area contributed by atoms with E-state index in [1.165, 1.54) is 6.33 Å². The van der Waals surface area contributed by atoms with Gasteiger partial charge < -0.3 is 15.8 Å². The number of nitrogens with one attached hydrogen (secondary N) is 1. The first-order chi connectivity index (χ1) is 10.6. The van der Waals surface area contributed by atoms with Crippen LogP contribution in [0.4, 0.5) is 17.2 Å². The van der Waals surface area contributed by atoms with Crippen molar-refractivity contribution in [1.29, 1.82) is 0 Å². The van der Waals surface area contributed by atoms with Crippen LogP contribution in [0.15, 0.2) is 42.9 Å². The van der Waals surface area contributed by atoms with Gasteiger partial charge in [-0.05, 0) is 26.0 Å². The van der Waals surface area contributed by atoms with Crippen molar-refractivity contribution in [1.82, 2.24) is 15.0 Å². The second-order valence-corrected chi connectivity index (χ2v) is 5.11. The molecule has 2 aromatic heterocycles. The lowest BCUT2D eigenvalue weighted by atomic mass is 10.2. The van der Waals surface area contributed by atoms with Gasteiger partial charge in [0.1, 0.15) is 12.0 Å². The van der Waals surface area contributed by atoms with Crippen molar-refractivity contribution in [2.75, 3.05) is 11.1 Å². The fourth-order valence-corrected chi connectivity index (χ4v) is 2.13. The molecule has 6 heteroatoms. The summed E-state index contributed by atoms with van der Waals surface area (Å²) in [6.45, 7) is 3.84. The molecule has 0 saturated heterocycles. The highest BCUT2D eigenvalue weighted by molar-refractivity contribution is 5.92. The van der Waals surface area contributed by atoms with E-state index in [9.17, 15) is 0 Å². The molecular weight excluding hydrogens is 278 g/mol. The zero-order chi connectivity index (χ0) is 15.5. The van der Waals surface area contributed by atoms with Crippen molar-refractivity contribution >= 4 is 28.1 Å². The molecule has 112 valence electrons. The first-order valence-corrected chi connectivity index (χ1v) is 7.03. The fraction of sp³-hybridized carbons (Fsp3) is 0.188. The number of hydrogen-bond acceptors (Lipinski definition) is 6. The molecule has 0 fully saturated rings. The third-order valence-electron chi connectivity index (χ3n) is 3.08. The summed E-state index contributed by atoms with van der Waals surface area (Å²) in [6, 6.07) is 9.79. The molecule has 0 amide bonds. The Morgan fingerprint density at radius 1 is 1.09 bits per heavy atom. The monoisotopic (exact) mass is 295 g/mol. The third kappa shape index (κ3) is 2.76. The molecule has 3 rings (SSSR count). The zero-order valence-corrected chi connectivity index (χ0v) is 12.4. The summed E-state index contributed by atoms with van der Waals surface area (Å²) < 4.78 is 5.58. The Morgan fingerprint density at radius 3 is 2.73 bits per heavy atom. The average molecular weight is 295 g/mol. The van der Waals surface area contributed by atoms with Crippen LogP contribution in [-0.4, -0.2) is 21.1 Å². The Labute approximate surface area is 128 Å². The van der Waals surface area contributed by atoms with E-state index in [0.29, 0.717) is 17.4 Å². The number of benzene rings is 1. The molecule has 0 radical (unpaired) electrons. The Kier molecular flexibility index (Phi) is 3.74. The molecule has 0 spiro atoms. The normalized spacial score (nSPS) is 10.9. The third-order valence-corrected chi connectivity index (χ3v) is 3.08. The van der Waals surface area contributed by atoms with Gasteiger partial charge >= 0.3 is 0 Å². The highest BCUT2D eigenvalue weighted by atomic mass is 16.5. The van der Waals surface area contributed by atoms with E-state index in [-0.39, 0.29) is 6.10 Å². The Hall–Kier alpha value is -2.89. The molecule has 0 aliphatic carbocycles. The highest BCUT2D eigenvalue weighted by Crippen LogP contribution is 2.30. The fourth-order valence-electron chi connectivity index (χ4n) is 2.13. The number of nitrogen functional groups attached to an aromatic ring is 1. The standard InChI is InChI=1S/C16H17N5O/c1-10(2)22-16-13(17)15(19-9-20-16)21-12-7-3-5-11-6-4-8-18-14(11)12/h3-10H,17H2,1-2H3,(H,19,20,21). The van der Waals surface area contributed by atoms with E-state index >= 15 is 0 Å². The van der Waals surface area contributed by atoms with Crippen molar-refractivity contribution in [2.45, 2.75) is 20.0 Å². The molecule has 2 heterocycles. The molecule has 22 heavy (non-hydrogen) atoms. The van der Waals surface area contributed by atoms with E-state index in [1.54, 1.807) is 6.20 Å². The van der Waals surface area contributed by atoms with E-state index in [4.69, 9.17) is 10.5 Å². The minimum atomic E-state index is -0.00993. The summed E-state index contributed by atoms with van der Waals surface area (Å²) in [5.74, 6) is 0.879. The maximum atomic E-state index is 6.09. The first-order valence-electron chi connectivity index (χ1n) is 7.03. The van der Waals surface area contributed by atoms with Gasteiger partial charge in [0, 0.05) is 11.6 Å². The molecule has 6 nitrogen and oxygen atoms in total. The van der Waals surface area contributed by atoms with Crippen molar-refractivity contribution < 1.29 is 4.74 Å². The number of fused-ring (bicyclic) bond motifs is 1. The lowest BCUT2D eigenvalue weighted by molar-refractivity contribution is 0.234. The van der Waals surface area contributed by atoms with Gasteiger partial charge in [-0.1, -0.05) is 18.2 Å². The maximum absolute atomic E-state index is 6.09. The SMILES string of the molecule is CC(C)Oc1ncnc(Nc2cccc3cccnc23)c1N. The van der Waals surface area contributed by atoms with Crippen LogP contribution in [0.1, 0.15) is 13.8 Å². The predicted octanol–water partition coefficient (Wildman–Crippen LogP) is 3.14. The lowest BCUT2D eigenvalue weighted by Gasteiger charge is -2.14. The number of hydrogen-bond donors (Lipinski definition) is 2. The van der Waals surface area contributed by atoms with Crippen LogP contribution in [0.2, 0.25) is 0 Å². The Bertz CT molecular complexity index is 798. The van der Waals surface area contributed by atoms with E-state index in [1.807, 2.05) is 44.2 Å². The van der Waals surface area contributed by atoms with Gasteiger partial charge in [0.15, 0.2) is 5.82 Å². The van der Waals surface area contributed by atoms with Crippen LogP contribution >= 0.6 is 0 Å². The van der Waals surface area contributed by atoms with Crippen LogP contribution < -0.4 is 15.8 Å². The van der Waals surface area contributed by atoms with Gasteiger partial charge in [0.05, 0.1) is 17.3 Å². The number of pyridine rings is 1. The quantitative estimate of drug-likeness (QED) is 0.769. The summed E-state index contributed by atoms with van der Waals surface area (Å²) in [5.41, 5.74) is 8.16. The second-order valence-electron chi connectivity index (χ2n) is 5.11. The van der Waals surface area contributed by atoms with Crippen LogP contribution in [0, 0.1) is 0 Å². The van der Waals surface area contributed by atoms with Gasteiger partial charge in [0.25, 0.3) is 0 Å². The number of rotatable bonds is 4. The average Bonchev–Trinajstić information content (AvgIpc) is 2.51. The van der Waals surface area contributed by atoms with Crippen LogP contribution in [0.25, 0.3) is 10.9 Å². The maximum Gasteiger partial charge on any atom is 0.242 e. The minimum Gasteiger partial charge on any atom is -0.473 e. The van der Waals surface area contributed by atoms with E-state index in [0.717, 1.165) is 16.6 Å². The predicted molar refractivity (Wildman–Crippen MR) is 87.2 cm³/mol. The molecule has 3 N–H and O–H groups in total. The number of anilines is 3. The van der Waals surface area contributed by atoms with Crippen LogP contribution in [0.3, 0.4) is 0 Å². The van der Waals surface area contributed by atoms with Crippen LogP contribution in [-0.2, 0) is 0 Å². The Morgan fingerprint density at radius 2 is 1.91 bits per heavy atom. The van der Waals surface area contributed by atoms with Crippen molar-refractivity contribution in [3.8, 4) is 5.88 Å². The molecule has 0 unspecified atom stereocenters. The molecule has 0 aliphatic rings. The molecule has 0 aliphatic heterocycles. The molecule has 0 atom stereocenters. The van der Waals surface area contributed by atoms with Crippen molar-refractivity contribution in [3.63, 3.8) is 0 Å². The lowest BCUT2D eigenvalue weighted by Crippen LogP contribution is -2.11. The second kappa shape index (κ2) is 5.85. The Balaban J connectivity index is 1.99. The zero-order valence-electron chi connectivity index (χ0n) is 12.4. The summed E-state index contributed by atoms with van der Waals surface area (Å²) in [5, 5.41) is 4.25. The number of nitrogens with two attached hydrogens (primary N) is 1. The topological polar surface area (TPSA) is 86.0 Å². The van der Waals surface area contributed by atoms with Crippen molar-refractivity contribution in [2.24, 2.45) is 0 Å². The molecule has 3 aromatic rings. The van der Waals surface area contributed by atoms with Gasteiger partial charge in [-0.25, -0.2) is 4.98 Å².